The standard InChI is InChI=1S/C8H13NOS2/c1-5(2)7-4-12-8(11)9(7)6(3)10/h5,7H,4H2,1-3H3. The summed E-state index contributed by atoms with van der Waals surface area (Å²) in [6, 6.07) is 0.306. The van der Waals surface area contributed by atoms with Gasteiger partial charge in [-0.05, 0) is 5.92 Å². The van der Waals surface area contributed by atoms with E-state index in [9.17, 15) is 4.79 Å². The molecule has 1 atom stereocenters. The third-order valence-electron chi connectivity index (χ3n) is 2.01. The number of hydrogen-bond acceptors (Lipinski definition) is 3. The Kier molecular flexibility index (Phi) is 3.12. The molecule has 0 aromatic heterocycles. The van der Waals surface area contributed by atoms with Crippen molar-refractivity contribution in [2.24, 2.45) is 5.92 Å². The lowest BCUT2D eigenvalue weighted by molar-refractivity contribution is -0.126. The molecule has 0 N–H and O–H groups in total. The maximum absolute atomic E-state index is 11.2. The Morgan fingerprint density at radius 3 is 2.67 bits per heavy atom. The Morgan fingerprint density at radius 2 is 2.33 bits per heavy atom. The van der Waals surface area contributed by atoms with E-state index in [0.717, 1.165) is 10.1 Å². The number of carbonyl (C=O) groups is 1. The molecule has 1 fully saturated rings. The Labute approximate surface area is 82.7 Å². The quantitative estimate of drug-likeness (QED) is 0.607. The van der Waals surface area contributed by atoms with Crippen molar-refractivity contribution in [2.45, 2.75) is 26.8 Å². The molecule has 0 saturated carbocycles. The normalized spacial score (nSPS) is 23.8. The number of amides is 1. The number of thiocarbonyl (C=S) groups is 1. The predicted molar refractivity (Wildman–Crippen MR) is 56.2 cm³/mol. The smallest absolute Gasteiger partial charge is 0.225 e. The van der Waals surface area contributed by atoms with Crippen molar-refractivity contribution in [3.8, 4) is 0 Å². The van der Waals surface area contributed by atoms with Crippen LogP contribution < -0.4 is 0 Å². The number of thioether (sulfide) groups is 1. The zero-order chi connectivity index (χ0) is 9.30. The average Bonchev–Trinajstić information content (AvgIpc) is 2.30. The molecule has 0 aliphatic carbocycles. The van der Waals surface area contributed by atoms with E-state index < -0.39 is 0 Å². The summed E-state index contributed by atoms with van der Waals surface area (Å²) in [7, 11) is 0. The van der Waals surface area contributed by atoms with Crippen LogP contribution in [0.3, 0.4) is 0 Å². The first-order chi connectivity index (χ1) is 5.54. The van der Waals surface area contributed by atoms with Gasteiger partial charge in [0.2, 0.25) is 5.91 Å². The highest BCUT2D eigenvalue weighted by atomic mass is 32.2. The molecular formula is C8H13NOS2. The third-order valence-corrected chi connectivity index (χ3v) is 3.52. The van der Waals surface area contributed by atoms with Crippen molar-refractivity contribution in [2.75, 3.05) is 5.75 Å². The topological polar surface area (TPSA) is 20.3 Å². The molecule has 1 saturated heterocycles. The molecule has 0 bridgehead atoms. The third kappa shape index (κ3) is 1.80. The van der Waals surface area contributed by atoms with Crippen molar-refractivity contribution in [1.82, 2.24) is 4.90 Å². The molecule has 0 aromatic carbocycles. The molecule has 2 nitrogen and oxygen atoms in total. The van der Waals surface area contributed by atoms with Crippen LogP contribution in [0.5, 0.6) is 0 Å². The molecule has 0 aromatic rings. The first-order valence-electron chi connectivity index (χ1n) is 4.00. The van der Waals surface area contributed by atoms with Crippen LogP contribution in [0.4, 0.5) is 0 Å². The van der Waals surface area contributed by atoms with E-state index in [4.69, 9.17) is 12.2 Å². The van der Waals surface area contributed by atoms with Gasteiger partial charge < -0.3 is 0 Å². The van der Waals surface area contributed by atoms with E-state index in [0.29, 0.717) is 12.0 Å². The molecule has 1 unspecified atom stereocenters. The summed E-state index contributed by atoms with van der Waals surface area (Å²) in [5.74, 6) is 1.52. The minimum atomic E-state index is 0.0729. The van der Waals surface area contributed by atoms with E-state index in [-0.39, 0.29) is 5.91 Å². The maximum atomic E-state index is 11.2. The number of hydrogen-bond donors (Lipinski definition) is 0. The van der Waals surface area contributed by atoms with Gasteiger partial charge in [-0.25, -0.2) is 0 Å². The van der Waals surface area contributed by atoms with Crippen molar-refractivity contribution in [1.29, 1.82) is 0 Å². The van der Waals surface area contributed by atoms with Crippen LogP contribution >= 0.6 is 24.0 Å². The van der Waals surface area contributed by atoms with Gasteiger partial charge in [-0.3, -0.25) is 9.69 Å². The minimum Gasteiger partial charge on any atom is -0.294 e. The summed E-state index contributed by atoms with van der Waals surface area (Å²) >= 11 is 6.69. The highest BCUT2D eigenvalue weighted by Crippen LogP contribution is 2.28. The SMILES string of the molecule is CC(=O)N1C(=S)SCC1C(C)C. The molecule has 0 radical (unpaired) electrons. The molecule has 68 valence electrons. The highest BCUT2D eigenvalue weighted by molar-refractivity contribution is 8.23. The molecule has 1 aliphatic heterocycles. The van der Waals surface area contributed by atoms with Gasteiger partial charge in [0.25, 0.3) is 0 Å². The summed E-state index contributed by atoms with van der Waals surface area (Å²) < 4.78 is 0.737. The lowest BCUT2D eigenvalue weighted by Gasteiger charge is -2.24. The monoisotopic (exact) mass is 203 g/mol. The van der Waals surface area contributed by atoms with E-state index >= 15 is 0 Å². The number of carbonyl (C=O) groups excluding carboxylic acids is 1. The van der Waals surface area contributed by atoms with Crippen LogP contribution in [0.2, 0.25) is 0 Å². The molecule has 1 rings (SSSR count). The predicted octanol–water partition coefficient (Wildman–Crippen LogP) is 1.89. The lowest BCUT2D eigenvalue weighted by atomic mass is 10.1. The van der Waals surface area contributed by atoms with E-state index in [1.165, 1.54) is 0 Å². The highest BCUT2D eigenvalue weighted by Gasteiger charge is 2.33. The van der Waals surface area contributed by atoms with Crippen LogP contribution in [0, 0.1) is 5.92 Å². The molecule has 1 aliphatic rings. The van der Waals surface area contributed by atoms with Gasteiger partial charge in [-0.2, -0.15) is 0 Å². The zero-order valence-electron chi connectivity index (χ0n) is 7.53. The van der Waals surface area contributed by atoms with Gasteiger partial charge in [0.1, 0.15) is 4.32 Å². The second-order valence-electron chi connectivity index (χ2n) is 3.28. The van der Waals surface area contributed by atoms with Crippen molar-refractivity contribution in [3.05, 3.63) is 0 Å². The van der Waals surface area contributed by atoms with Crippen LogP contribution in [-0.2, 0) is 4.79 Å². The first kappa shape index (κ1) is 9.99. The van der Waals surface area contributed by atoms with Gasteiger partial charge in [0.15, 0.2) is 0 Å². The fraction of sp³-hybridized carbons (Fsp3) is 0.750. The summed E-state index contributed by atoms with van der Waals surface area (Å²) in [5.41, 5.74) is 0. The largest absolute Gasteiger partial charge is 0.294 e. The molecule has 1 amide bonds. The molecular weight excluding hydrogens is 190 g/mol. The van der Waals surface area contributed by atoms with Crippen LogP contribution in [-0.4, -0.2) is 26.9 Å². The first-order valence-corrected chi connectivity index (χ1v) is 5.40. The molecule has 4 heteroatoms. The summed E-state index contributed by atoms with van der Waals surface area (Å²) in [6.07, 6.45) is 0. The Balaban J connectivity index is 2.77. The average molecular weight is 203 g/mol. The van der Waals surface area contributed by atoms with Crippen LogP contribution in [0.1, 0.15) is 20.8 Å². The van der Waals surface area contributed by atoms with Crippen molar-refractivity contribution >= 4 is 34.2 Å². The van der Waals surface area contributed by atoms with Gasteiger partial charge >= 0.3 is 0 Å². The number of nitrogens with zero attached hydrogens (tertiary/aromatic N) is 1. The van der Waals surface area contributed by atoms with Crippen molar-refractivity contribution < 1.29 is 4.79 Å². The summed E-state index contributed by atoms with van der Waals surface area (Å²) in [5, 5.41) is 0. The van der Waals surface area contributed by atoms with Gasteiger partial charge in [0, 0.05) is 18.7 Å². The Morgan fingerprint density at radius 1 is 1.75 bits per heavy atom. The molecule has 12 heavy (non-hydrogen) atoms. The van der Waals surface area contributed by atoms with Crippen LogP contribution in [0.25, 0.3) is 0 Å². The minimum absolute atomic E-state index is 0.0729. The zero-order valence-corrected chi connectivity index (χ0v) is 9.17. The summed E-state index contributed by atoms with van der Waals surface area (Å²) in [6.45, 7) is 5.82. The fourth-order valence-electron chi connectivity index (χ4n) is 1.29. The van der Waals surface area contributed by atoms with Gasteiger partial charge in [-0.15, -0.1) is 0 Å². The van der Waals surface area contributed by atoms with E-state index in [1.54, 1.807) is 23.6 Å². The van der Waals surface area contributed by atoms with Gasteiger partial charge in [-0.1, -0.05) is 37.8 Å². The second-order valence-corrected chi connectivity index (χ2v) is 4.93. The second kappa shape index (κ2) is 3.75. The van der Waals surface area contributed by atoms with Gasteiger partial charge in [0.05, 0.1) is 0 Å². The maximum Gasteiger partial charge on any atom is 0.225 e. The number of rotatable bonds is 1. The molecule has 1 heterocycles. The van der Waals surface area contributed by atoms with E-state index in [2.05, 4.69) is 13.8 Å². The Hall–Kier alpha value is -0.0900. The van der Waals surface area contributed by atoms with E-state index in [1.807, 2.05) is 0 Å². The molecule has 0 spiro atoms. The van der Waals surface area contributed by atoms with Crippen molar-refractivity contribution in [3.63, 3.8) is 0 Å². The lowest BCUT2D eigenvalue weighted by Crippen LogP contribution is -2.40. The van der Waals surface area contributed by atoms with Crippen LogP contribution in [0.15, 0.2) is 0 Å². The Bertz CT molecular complexity index is 215. The summed E-state index contributed by atoms with van der Waals surface area (Å²) in [4.78, 5) is 12.9. The fourth-order valence-corrected chi connectivity index (χ4v) is 3.01.